The predicted molar refractivity (Wildman–Crippen MR) is 123 cm³/mol. The van der Waals surface area contributed by atoms with Crippen molar-refractivity contribution >= 4 is 41.5 Å². The highest BCUT2D eigenvalue weighted by Crippen LogP contribution is 2.42. The highest BCUT2D eigenvalue weighted by Gasteiger charge is 2.22. The van der Waals surface area contributed by atoms with Crippen LogP contribution in [0.4, 0.5) is 11.5 Å². The minimum atomic E-state index is 0. The number of fused-ring (bicyclic) bond motifs is 2. The van der Waals surface area contributed by atoms with Crippen molar-refractivity contribution in [3.63, 3.8) is 0 Å². The number of hydrogen-bond donors (Lipinski definition) is 2. The molecule has 0 aliphatic carbocycles. The molecule has 5 nitrogen and oxygen atoms in total. The van der Waals surface area contributed by atoms with E-state index in [4.69, 9.17) is 5.41 Å². The molecule has 7 heteroatoms. The van der Waals surface area contributed by atoms with E-state index < -0.39 is 0 Å². The normalized spacial score (nSPS) is 15.9. The maximum absolute atomic E-state index is 8.59. The van der Waals surface area contributed by atoms with Crippen molar-refractivity contribution < 1.29 is 0 Å². The first-order valence-electron chi connectivity index (χ1n) is 10.3. The zero-order chi connectivity index (χ0) is 19.5. The highest BCUT2D eigenvalue weighted by molar-refractivity contribution is 7.99. The van der Waals surface area contributed by atoms with Crippen molar-refractivity contribution in [3.05, 3.63) is 36.2 Å². The number of nitrogens with zero attached hydrogens (tertiary/aromatic N) is 3. The molecule has 2 N–H and O–H groups in total. The first kappa shape index (κ1) is 21.9. The molecular formula is C22H30ClN5S. The number of rotatable bonds is 5. The molecule has 0 radical (unpaired) electrons. The fourth-order valence-electron chi connectivity index (χ4n) is 3.96. The molecule has 1 aromatic carbocycles. The predicted octanol–water partition coefficient (Wildman–Crippen LogP) is 5.77. The molecule has 2 aromatic rings. The Morgan fingerprint density at radius 3 is 2.76 bits per heavy atom. The van der Waals surface area contributed by atoms with Gasteiger partial charge in [0.15, 0.2) is 5.82 Å². The van der Waals surface area contributed by atoms with Gasteiger partial charge in [-0.3, -0.25) is 5.41 Å². The maximum Gasteiger partial charge on any atom is 0.163 e. The van der Waals surface area contributed by atoms with Crippen LogP contribution in [0.1, 0.15) is 45.1 Å². The first-order chi connectivity index (χ1) is 13.6. The van der Waals surface area contributed by atoms with E-state index in [1.165, 1.54) is 31.2 Å². The molecule has 0 bridgehead atoms. The average Bonchev–Trinajstić information content (AvgIpc) is 2.71. The number of likely N-dealkylation sites (tertiary alicyclic amines) is 1. The number of nitrogens with one attached hydrogen (secondary N) is 2. The van der Waals surface area contributed by atoms with Crippen LogP contribution in [-0.2, 0) is 6.42 Å². The third kappa shape index (κ3) is 5.43. The van der Waals surface area contributed by atoms with Gasteiger partial charge in [-0.15, -0.1) is 12.4 Å². The third-order valence-corrected chi connectivity index (χ3v) is 6.76. The molecule has 1 aromatic heterocycles. The third-order valence-electron chi connectivity index (χ3n) is 5.69. The van der Waals surface area contributed by atoms with Gasteiger partial charge in [0.25, 0.3) is 0 Å². The van der Waals surface area contributed by atoms with Crippen LogP contribution in [0.15, 0.2) is 40.5 Å². The smallest absolute Gasteiger partial charge is 0.163 e. The summed E-state index contributed by atoms with van der Waals surface area (Å²) in [6.07, 6.45) is 9.25. The van der Waals surface area contributed by atoms with Crippen LogP contribution in [0.25, 0.3) is 0 Å². The molecule has 0 amide bonds. The summed E-state index contributed by atoms with van der Waals surface area (Å²) in [5.74, 6) is 3.20. The van der Waals surface area contributed by atoms with Crippen molar-refractivity contribution in [1.29, 1.82) is 5.41 Å². The largest absolute Gasteiger partial charge is 0.360 e. The Morgan fingerprint density at radius 1 is 1.24 bits per heavy atom. The summed E-state index contributed by atoms with van der Waals surface area (Å²) in [5.41, 5.74) is 2.24. The number of benzene rings is 1. The van der Waals surface area contributed by atoms with Gasteiger partial charge in [0.05, 0.1) is 5.69 Å². The first-order valence-corrected chi connectivity index (χ1v) is 11.1. The number of piperidine rings is 1. The van der Waals surface area contributed by atoms with Crippen LogP contribution in [0.2, 0.25) is 0 Å². The molecule has 2 aliphatic rings. The Labute approximate surface area is 184 Å². The summed E-state index contributed by atoms with van der Waals surface area (Å²) in [7, 11) is 0. The minimum absolute atomic E-state index is 0. The van der Waals surface area contributed by atoms with E-state index >= 15 is 0 Å². The quantitative estimate of drug-likeness (QED) is 0.396. The zero-order valence-corrected chi connectivity index (χ0v) is 18.8. The number of hydrogen-bond acceptors (Lipinski definition) is 5. The van der Waals surface area contributed by atoms with E-state index in [2.05, 4.69) is 52.2 Å². The molecule has 1 saturated heterocycles. The van der Waals surface area contributed by atoms with Crippen LogP contribution >= 0.6 is 24.2 Å². The van der Waals surface area contributed by atoms with Crippen molar-refractivity contribution in [2.24, 2.45) is 11.8 Å². The molecule has 2 aliphatic heterocycles. The SMILES string of the molecule is CC(C)CCC1CCN(C(=N)Cc2ccc3c(c2)Nc2nccnc2S3)CC1.Cl. The van der Waals surface area contributed by atoms with E-state index in [-0.39, 0.29) is 12.4 Å². The molecule has 1 fully saturated rings. The number of halogens is 1. The lowest BCUT2D eigenvalue weighted by Crippen LogP contribution is -2.39. The summed E-state index contributed by atoms with van der Waals surface area (Å²) in [5, 5.41) is 12.9. The lowest BCUT2D eigenvalue weighted by Gasteiger charge is -2.34. The van der Waals surface area contributed by atoms with E-state index in [0.29, 0.717) is 6.42 Å². The van der Waals surface area contributed by atoms with Gasteiger partial charge >= 0.3 is 0 Å². The lowest BCUT2D eigenvalue weighted by atomic mass is 9.89. The van der Waals surface area contributed by atoms with Crippen LogP contribution in [0, 0.1) is 17.2 Å². The molecule has 0 atom stereocenters. The van der Waals surface area contributed by atoms with E-state index in [1.807, 2.05) is 0 Å². The standard InChI is InChI=1S/C22H29N5S.ClH/c1-15(2)3-4-16-7-11-27(12-8-16)20(23)14-17-5-6-19-18(13-17)26-21-22(28-19)25-10-9-24-21;/h5-6,9-10,13,15-16,23H,3-4,7-8,11-12,14H2,1-2H3,(H,24,26);1H. The number of amidine groups is 1. The van der Waals surface area contributed by atoms with Crippen molar-refractivity contribution in [3.8, 4) is 0 Å². The molecule has 3 heterocycles. The summed E-state index contributed by atoms with van der Waals surface area (Å²) in [4.78, 5) is 12.2. The molecule has 156 valence electrons. The van der Waals surface area contributed by atoms with Gasteiger partial charge in [-0.05, 0) is 42.4 Å². The van der Waals surface area contributed by atoms with Gasteiger partial charge in [-0.25, -0.2) is 9.97 Å². The maximum atomic E-state index is 8.59. The van der Waals surface area contributed by atoms with Gasteiger partial charge in [-0.2, -0.15) is 0 Å². The van der Waals surface area contributed by atoms with Gasteiger partial charge < -0.3 is 10.2 Å². The summed E-state index contributed by atoms with van der Waals surface area (Å²) in [6, 6.07) is 6.42. The van der Waals surface area contributed by atoms with Crippen molar-refractivity contribution in [1.82, 2.24) is 14.9 Å². The molecule has 0 spiro atoms. The summed E-state index contributed by atoms with van der Waals surface area (Å²) >= 11 is 1.64. The van der Waals surface area contributed by atoms with E-state index in [1.54, 1.807) is 24.2 Å². The average molecular weight is 432 g/mol. The van der Waals surface area contributed by atoms with E-state index in [0.717, 1.165) is 52.2 Å². The molecular weight excluding hydrogens is 402 g/mol. The Hall–Kier alpha value is -1.79. The second kappa shape index (κ2) is 9.81. The Balaban J connectivity index is 0.00000240. The van der Waals surface area contributed by atoms with Crippen LogP contribution in [0.5, 0.6) is 0 Å². The molecule has 4 rings (SSSR count). The van der Waals surface area contributed by atoms with Gasteiger partial charge in [0.1, 0.15) is 10.9 Å². The number of aromatic nitrogens is 2. The fraction of sp³-hybridized carbons (Fsp3) is 0.500. The van der Waals surface area contributed by atoms with Gasteiger partial charge in [-0.1, -0.05) is 44.5 Å². The second-order valence-electron chi connectivity index (χ2n) is 8.29. The fourth-order valence-corrected chi connectivity index (χ4v) is 4.84. The van der Waals surface area contributed by atoms with Crippen LogP contribution in [0.3, 0.4) is 0 Å². The molecule has 0 unspecified atom stereocenters. The summed E-state index contributed by atoms with van der Waals surface area (Å²) in [6.45, 7) is 6.68. The molecule has 0 saturated carbocycles. The summed E-state index contributed by atoms with van der Waals surface area (Å²) < 4.78 is 0. The van der Waals surface area contributed by atoms with Crippen LogP contribution in [-0.4, -0.2) is 33.8 Å². The number of anilines is 2. The minimum Gasteiger partial charge on any atom is -0.360 e. The Bertz CT molecular complexity index is 849. The van der Waals surface area contributed by atoms with Crippen LogP contribution < -0.4 is 5.32 Å². The molecule has 29 heavy (non-hydrogen) atoms. The van der Waals surface area contributed by atoms with E-state index in [9.17, 15) is 0 Å². The van der Waals surface area contributed by atoms with Crippen molar-refractivity contribution in [2.45, 2.75) is 55.9 Å². The van der Waals surface area contributed by atoms with Gasteiger partial charge in [0.2, 0.25) is 0 Å². The zero-order valence-electron chi connectivity index (χ0n) is 17.1. The highest BCUT2D eigenvalue weighted by atomic mass is 35.5. The Morgan fingerprint density at radius 2 is 2.00 bits per heavy atom. The van der Waals surface area contributed by atoms with Crippen molar-refractivity contribution in [2.75, 3.05) is 18.4 Å². The Kier molecular flexibility index (Phi) is 7.41. The van der Waals surface area contributed by atoms with Gasteiger partial charge in [0, 0.05) is 36.8 Å². The lowest BCUT2D eigenvalue weighted by molar-refractivity contribution is 0.243. The topological polar surface area (TPSA) is 64.9 Å². The second-order valence-corrected chi connectivity index (χ2v) is 9.32. The monoisotopic (exact) mass is 431 g/mol.